The largest absolute Gasteiger partial charge is 0.479 e. The molecule has 1 rings (SSSR count). The van der Waals surface area contributed by atoms with Gasteiger partial charge in [-0.1, -0.05) is 24.6 Å². The fourth-order valence-corrected chi connectivity index (χ4v) is 1.47. The minimum absolute atomic E-state index is 0.407. The lowest BCUT2D eigenvalue weighted by Gasteiger charge is -2.11. The number of hydrogen-bond acceptors (Lipinski definition) is 2. The molecule has 0 aliphatic heterocycles. The van der Waals surface area contributed by atoms with Gasteiger partial charge >= 0.3 is 5.97 Å². The van der Waals surface area contributed by atoms with Crippen LogP contribution in [0.4, 0.5) is 0 Å². The molecule has 1 unspecified atom stereocenters. The highest BCUT2D eigenvalue weighted by Crippen LogP contribution is 2.22. The van der Waals surface area contributed by atoms with Crippen molar-refractivity contribution in [2.45, 2.75) is 19.4 Å². The normalized spacial score (nSPS) is 12.5. The monoisotopic (exact) mass is 214 g/mol. The Morgan fingerprint density at radius 2 is 2.21 bits per heavy atom. The first-order valence-electron chi connectivity index (χ1n) is 4.25. The van der Waals surface area contributed by atoms with Crippen LogP contribution in [0.1, 0.15) is 24.2 Å². The average Bonchev–Trinajstić information content (AvgIpc) is 2.16. The fourth-order valence-electron chi connectivity index (χ4n) is 1.28. The quantitative estimate of drug-likeness (QED) is 0.810. The number of rotatable bonds is 3. The lowest BCUT2D eigenvalue weighted by atomic mass is 10.0. The van der Waals surface area contributed by atoms with Crippen LogP contribution in [0.25, 0.3) is 0 Å². The molecule has 1 aromatic carbocycles. The van der Waals surface area contributed by atoms with Crippen LogP contribution in [-0.4, -0.2) is 16.2 Å². The van der Waals surface area contributed by atoms with E-state index in [1.165, 1.54) is 0 Å². The van der Waals surface area contributed by atoms with E-state index in [4.69, 9.17) is 16.7 Å². The van der Waals surface area contributed by atoms with Crippen LogP contribution in [0.5, 0.6) is 0 Å². The van der Waals surface area contributed by atoms with Crippen LogP contribution >= 0.6 is 11.6 Å². The molecule has 1 atom stereocenters. The van der Waals surface area contributed by atoms with Crippen LogP contribution in [-0.2, 0) is 11.2 Å². The molecular formula is C10H11ClO3. The Hall–Kier alpha value is -1.06. The molecule has 3 nitrogen and oxygen atoms in total. The summed E-state index contributed by atoms with van der Waals surface area (Å²) in [6.07, 6.45) is -0.831. The Morgan fingerprint density at radius 1 is 1.57 bits per heavy atom. The summed E-state index contributed by atoms with van der Waals surface area (Å²) >= 11 is 5.75. The predicted molar refractivity (Wildman–Crippen MR) is 53.4 cm³/mol. The van der Waals surface area contributed by atoms with E-state index in [0.717, 1.165) is 5.56 Å². The second-order valence-electron chi connectivity index (χ2n) is 2.94. The predicted octanol–water partition coefficient (Wildman–Crippen LogP) is 2.02. The summed E-state index contributed by atoms with van der Waals surface area (Å²) in [5.74, 6) is -1.25. The van der Waals surface area contributed by atoms with Crippen LogP contribution in [0, 0.1) is 0 Å². The van der Waals surface area contributed by atoms with Crippen molar-refractivity contribution in [1.82, 2.24) is 0 Å². The molecule has 0 fully saturated rings. The third-order valence-electron chi connectivity index (χ3n) is 2.01. The van der Waals surface area contributed by atoms with Crippen molar-refractivity contribution in [3.63, 3.8) is 0 Å². The number of aliphatic hydroxyl groups is 1. The number of halogens is 1. The van der Waals surface area contributed by atoms with Crippen molar-refractivity contribution in [3.8, 4) is 0 Å². The van der Waals surface area contributed by atoms with Gasteiger partial charge in [0.15, 0.2) is 6.10 Å². The van der Waals surface area contributed by atoms with Gasteiger partial charge in [-0.2, -0.15) is 0 Å². The van der Waals surface area contributed by atoms with Crippen molar-refractivity contribution >= 4 is 17.6 Å². The van der Waals surface area contributed by atoms with Gasteiger partial charge in [0.05, 0.1) is 0 Å². The van der Waals surface area contributed by atoms with Gasteiger partial charge in [0.25, 0.3) is 0 Å². The molecule has 4 heteroatoms. The van der Waals surface area contributed by atoms with Gasteiger partial charge in [0.2, 0.25) is 0 Å². The van der Waals surface area contributed by atoms with Crippen molar-refractivity contribution in [2.24, 2.45) is 0 Å². The molecule has 0 spiro atoms. The number of aryl methyl sites for hydroxylation is 1. The topological polar surface area (TPSA) is 57.5 Å². The minimum Gasteiger partial charge on any atom is -0.479 e. The third kappa shape index (κ3) is 2.25. The number of aliphatic carboxylic acids is 1. The van der Waals surface area contributed by atoms with E-state index in [1.54, 1.807) is 18.2 Å². The standard InChI is InChI=1S/C10H11ClO3/c1-2-6-5-7(11)3-4-8(6)9(12)10(13)14/h3-5,9,12H,2H2,1H3,(H,13,14). The highest BCUT2D eigenvalue weighted by Gasteiger charge is 2.18. The summed E-state index contributed by atoms with van der Waals surface area (Å²) in [4.78, 5) is 10.6. The minimum atomic E-state index is -1.47. The molecule has 14 heavy (non-hydrogen) atoms. The molecule has 1 aromatic rings. The van der Waals surface area contributed by atoms with Gasteiger partial charge in [0, 0.05) is 5.02 Å². The van der Waals surface area contributed by atoms with Gasteiger partial charge in [-0.15, -0.1) is 0 Å². The second kappa shape index (κ2) is 4.44. The zero-order valence-corrected chi connectivity index (χ0v) is 8.45. The molecule has 0 aliphatic rings. The fraction of sp³-hybridized carbons (Fsp3) is 0.300. The number of aliphatic hydroxyl groups excluding tert-OH is 1. The van der Waals surface area contributed by atoms with E-state index < -0.39 is 12.1 Å². The number of carbonyl (C=O) groups is 1. The lowest BCUT2D eigenvalue weighted by Crippen LogP contribution is -2.12. The second-order valence-corrected chi connectivity index (χ2v) is 3.37. The van der Waals surface area contributed by atoms with Crippen LogP contribution in [0.15, 0.2) is 18.2 Å². The molecular weight excluding hydrogens is 204 g/mol. The van der Waals surface area contributed by atoms with Gasteiger partial charge in [-0.3, -0.25) is 0 Å². The number of carboxylic acid groups (broad SMARTS) is 1. The van der Waals surface area contributed by atoms with Crippen molar-refractivity contribution in [1.29, 1.82) is 0 Å². The molecule has 0 amide bonds. The molecule has 0 radical (unpaired) electrons. The highest BCUT2D eigenvalue weighted by molar-refractivity contribution is 6.30. The Kier molecular flexibility index (Phi) is 3.49. The average molecular weight is 215 g/mol. The summed E-state index contributed by atoms with van der Waals surface area (Å²) in [6, 6.07) is 4.78. The summed E-state index contributed by atoms with van der Waals surface area (Å²) in [5, 5.41) is 18.5. The molecule has 0 aromatic heterocycles. The SMILES string of the molecule is CCc1cc(Cl)ccc1C(O)C(=O)O. The maximum Gasteiger partial charge on any atom is 0.337 e. The first-order chi connectivity index (χ1) is 6.56. The maximum absolute atomic E-state index is 10.6. The van der Waals surface area contributed by atoms with E-state index >= 15 is 0 Å². The van der Waals surface area contributed by atoms with Crippen molar-refractivity contribution < 1.29 is 15.0 Å². The van der Waals surface area contributed by atoms with E-state index in [9.17, 15) is 9.90 Å². The summed E-state index contributed by atoms with van der Waals surface area (Å²) < 4.78 is 0. The molecule has 0 saturated carbocycles. The Morgan fingerprint density at radius 3 is 2.71 bits per heavy atom. The zero-order chi connectivity index (χ0) is 10.7. The van der Waals surface area contributed by atoms with E-state index in [-0.39, 0.29) is 0 Å². The Labute approximate surface area is 86.9 Å². The van der Waals surface area contributed by atoms with E-state index in [2.05, 4.69) is 0 Å². The number of carboxylic acids is 1. The smallest absolute Gasteiger partial charge is 0.337 e. The molecule has 2 N–H and O–H groups in total. The first-order valence-corrected chi connectivity index (χ1v) is 4.63. The van der Waals surface area contributed by atoms with Gasteiger partial charge in [-0.25, -0.2) is 4.79 Å². The van der Waals surface area contributed by atoms with Gasteiger partial charge < -0.3 is 10.2 Å². The van der Waals surface area contributed by atoms with Crippen molar-refractivity contribution in [3.05, 3.63) is 34.3 Å². The van der Waals surface area contributed by atoms with Gasteiger partial charge in [-0.05, 0) is 29.7 Å². The zero-order valence-electron chi connectivity index (χ0n) is 7.70. The summed E-state index contributed by atoms with van der Waals surface area (Å²) in [5.41, 5.74) is 1.16. The molecule has 0 saturated heterocycles. The Balaban J connectivity index is 3.13. The first kappa shape index (κ1) is 11.0. The summed E-state index contributed by atoms with van der Waals surface area (Å²) in [7, 11) is 0. The molecule has 0 heterocycles. The van der Waals surface area contributed by atoms with E-state index in [1.807, 2.05) is 6.92 Å². The van der Waals surface area contributed by atoms with Crippen LogP contribution in [0.2, 0.25) is 5.02 Å². The molecule has 0 aliphatic carbocycles. The van der Waals surface area contributed by atoms with Gasteiger partial charge in [0.1, 0.15) is 0 Å². The van der Waals surface area contributed by atoms with E-state index in [0.29, 0.717) is 17.0 Å². The summed E-state index contributed by atoms with van der Waals surface area (Å²) in [6.45, 7) is 1.88. The van der Waals surface area contributed by atoms with Crippen LogP contribution < -0.4 is 0 Å². The number of benzene rings is 1. The molecule has 76 valence electrons. The highest BCUT2D eigenvalue weighted by atomic mass is 35.5. The maximum atomic E-state index is 10.6. The Bertz CT molecular complexity index is 349. The van der Waals surface area contributed by atoms with Crippen molar-refractivity contribution in [2.75, 3.05) is 0 Å². The van der Waals surface area contributed by atoms with Crippen LogP contribution in [0.3, 0.4) is 0 Å². The number of hydrogen-bond donors (Lipinski definition) is 2. The molecule has 0 bridgehead atoms. The third-order valence-corrected chi connectivity index (χ3v) is 2.25. The lowest BCUT2D eigenvalue weighted by molar-refractivity contribution is -0.147.